The first-order valence-corrected chi connectivity index (χ1v) is 9.44. The summed E-state index contributed by atoms with van der Waals surface area (Å²) in [6.07, 6.45) is 0.225. The number of esters is 2. The van der Waals surface area contributed by atoms with Crippen LogP contribution in [0.3, 0.4) is 0 Å². The Morgan fingerprint density at radius 2 is 1.78 bits per heavy atom. The summed E-state index contributed by atoms with van der Waals surface area (Å²) in [7, 11) is 0. The zero-order chi connectivity index (χ0) is 17.5. The molecular weight excluding hydrogens is 361 g/mol. The molecule has 1 aromatic carbocycles. The summed E-state index contributed by atoms with van der Waals surface area (Å²) in [4.78, 5) is 23.8. The van der Waals surface area contributed by atoms with E-state index in [0.29, 0.717) is 6.61 Å². The van der Waals surface area contributed by atoms with Crippen LogP contribution in [0.1, 0.15) is 34.1 Å². The van der Waals surface area contributed by atoms with Crippen LogP contribution in [0, 0.1) is 0 Å². The first kappa shape index (κ1) is 19.7. The van der Waals surface area contributed by atoms with Crippen molar-refractivity contribution in [3.63, 3.8) is 0 Å². The zero-order valence-corrected chi connectivity index (χ0v) is 15.8. The van der Waals surface area contributed by atoms with Crippen molar-refractivity contribution in [3.8, 4) is 0 Å². The molecule has 5 nitrogen and oxygen atoms in total. The van der Waals surface area contributed by atoms with Crippen LogP contribution in [-0.2, 0) is 19.1 Å². The van der Waals surface area contributed by atoms with E-state index in [1.807, 2.05) is 30.3 Å². The summed E-state index contributed by atoms with van der Waals surface area (Å²) in [5, 5.41) is 0. The van der Waals surface area contributed by atoms with E-state index in [9.17, 15) is 9.59 Å². The number of rotatable bonds is 7. The van der Waals surface area contributed by atoms with Gasteiger partial charge in [-0.15, -0.1) is 0 Å². The van der Waals surface area contributed by atoms with Crippen LogP contribution < -0.4 is 10.2 Å². The zero-order valence-electron chi connectivity index (χ0n) is 14.1. The van der Waals surface area contributed by atoms with Gasteiger partial charge < -0.3 is 0 Å². The van der Waals surface area contributed by atoms with Crippen molar-refractivity contribution < 1.29 is 19.1 Å². The van der Waals surface area contributed by atoms with Gasteiger partial charge in [0.05, 0.1) is 0 Å². The Bertz CT molecular complexity index is 513. The summed E-state index contributed by atoms with van der Waals surface area (Å²) >= 11 is -0.160. The molecule has 2 atom stereocenters. The summed E-state index contributed by atoms with van der Waals surface area (Å²) in [6.45, 7) is 7.43. The summed E-state index contributed by atoms with van der Waals surface area (Å²) in [5.41, 5.74) is 5.34. The van der Waals surface area contributed by atoms with Gasteiger partial charge >= 0.3 is 144 Å². The molecule has 0 fully saturated rings. The molecule has 0 spiro atoms. The number of hydrogen-bond acceptors (Lipinski definition) is 5. The predicted molar refractivity (Wildman–Crippen MR) is 90.7 cm³/mol. The Balaban J connectivity index is 2.76. The molecule has 0 bridgehead atoms. The SMILES string of the molecule is CCOC(=O)C(C[C@H](N)C(=O)OC(C)(C)C)[Se]c1ccccc1. The molecule has 0 aliphatic heterocycles. The third kappa shape index (κ3) is 7.64. The Hall–Kier alpha value is -1.36. The van der Waals surface area contributed by atoms with Crippen molar-refractivity contribution in [2.75, 3.05) is 6.61 Å². The number of benzene rings is 1. The molecule has 1 aromatic rings. The predicted octanol–water partition coefficient (Wildman–Crippen LogP) is 1.43. The second-order valence-corrected chi connectivity index (χ2v) is 8.72. The van der Waals surface area contributed by atoms with E-state index in [-0.39, 0.29) is 27.3 Å². The molecule has 0 amide bonds. The number of ether oxygens (including phenoxy) is 2. The second kappa shape index (κ2) is 9.06. The molecular formula is C17H25NO4Se. The summed E-state index contributed by atoms with van der Waals surface area (Å²) in [6, 6.07) is 8.86. The molecule has 0 saturated heterocycles. The Labute approximate surface area is 144 Å². The number of hydrogen-bond donors (Lipinski definition) is 1. The minimum absolute atomic E-state index is 0.160. The Kier molecular flexibility index (Phi) is 7.76. The number of carbonyl (C=O) groups excluding carboxylic acids is 2. The topological polar surface area (TPSA) is 78.6 Å². The van der Waals surface area contributed by atoms with Crippen LogP contribution in [0.4, 0.5) is 0 Å². The first-order chi connectivity index (χ1) is 10.7. The van der Waals surface area contributed by atoms with E-state index in [1.165, 1.54) is 0 Å². The van der Waals surface area contributed by atoms with Crippen LogP contribution in [0.25, 0.3) is 0 Å². The van der Waals surface area contributed by atoms with Gasteiger partial charge in [-0.2, -0.15) is 0 Å². The fraction of sp³-hybridized carbons (Fsp3) is 0.529. The van der Waals surface area contributed by atoms with Crippen LogP contribution >= 0.6 is 0 Å². The van der Waals surface area contributed by atoms with Gasteiger partial charge in [0.25, 0.3) is 0 Å². The van der Waals surface area contributed by atoms with Crippen molar-refractivity contribution in [2.24, 2.45) is 5.73 Å². The van der Waals surface area contributed by atoms with E-state index in [1.54, 1.807) is 27.7 Å². The molecule has 128 valence electrons. The van der Waals surface area contributed by atoms with Crippen LogP contribution in [0.5, 0.6) is 0 Å². The normalized spacial score (nSPS) is 14.0. The molecule has 0 aromatic heterocycles. The molecule has 0 aliphatic rings. The molecule has 2 N–H and O–H groups in total. The molecule has 23 heavy (non-hydrogen) atoms. The van der Waals surface area contributed by atoms with E-state index in [4.69, 9.17) is 15.2 Å². The fourth-order valence-corrected chi connectivity index (χ4v) is 4.13. The molecule has 1 unspecified atom stereocenters. The molecule has 0 saturated carbocycles. The number of nitrogens with two attached hydrogens (primary N) is 1. The third-order valence-corrected chi connectivity index (χ3v) is 5.30. The van der Waals surface area contributed by atoms with E-state index in [2.05, 4.69) is 0 Å². The quantitative estimate of drug-likeness (QED) is 0.567. The molecule has 0 aliphatic carbocycles. The molecule has 0 radical (unpaired) electrons. The van der Waals surface area contributed by atoms with E-state index in [0.717, 1.165) is 4.46 Å². The second-order valence-electron chi connectivity index (χ2n) is 6.05. The summed E-state index contributed by atoms with van der Waals surface area (Å²) in [5.74, 6) is -0.800. The standard InChI is InChI=1S/C17H25NO4Se/c1-5-21-16(20)14(23-12-9-7-6-8-10-12)11-13(18)15(19)22-17(2,3)4/h6-10,13-14H,5,11,18H2,1-4H3/t13-,14?/m0/s1. The van der Waals surface area contributed by atoms with E-state index < -0.39 is 22.4 Å². The van der Waals surface area contributed by atoms with Gasteiger partial charge in [-0.1, -0.05) is 0 Å². The monoisotopic (exact) mass is 387 g/mol. The first-order valence-electron chi connectivity index (χ1n) is 7.59. The van der Waals surface area contributed by atoms with Crippen molar-refractivity contribution in [1.82, 2.24) is 0 Å². The van der Waals surface area contributed by atoms with Gasteiger partial charge in [-0.3, -0.25) is 0 Å². The van der Waals surface area contributed by atoms with Crippen LogP contribution in [0.15, 0.2) is 30.3 Å². The molecule has 6 heteroatoms. The maximum atomic E-state index is 12.2. The van der Waals surface area contributed by atoms with Crippen molar-refractivity contribution >= 4 is 31.4 Å². The van der Waals surface area contributed by atoms with Gasteiger partial charge in [-0.25, -0.2) is 0 Å². The van der Waals surface area contributed by atoms with Gasteiger partial charge in [0.1, 0.15) is 0 Å². The van der Waals surface area contributed by atoms with Gasteiger partial charge in [0.2, 0.25) is 0 Å². The van der Waals surface area contributed by atoms with Gasteiger partial charge in [0.15, 0.2) is 0 Å². The van der Waals surface area contributed by atoms with E-state index >= 15 is 0 Å². The van der Waals surface area contributed by atoms with Crippen molar-refractivity contribution in [3.05, 3.63) is 30.3 Å². The maximum absolute atomic E-state index is 12.2. The van der Waals surface area contributed by atoms with Crippen LogP contribution in [-0.4, -0.2) is 45.1 Å². The van der Waals surface area contributed by atoms with Crippen molar-refractivity contribution in [2.45, 2.75) is 50.6 Å². The number of carbonyl (C=O) groups is 2. The Morgan fingerprint density at radius 1 is 1.17 bits per heavy atom. The van der Waals surface area contributed by atoms with Gasteiger partial charge in [0, 0.05) is 0 Å². The minimum atomic E-state index is -0.839. The molecule has 0 heterocycles. The van der Waals surface area contributed by atoms with Crippen molar-refractivity contribution in [1.29, 1.82) is 0 Å². The Morgan fingerprint density at radius 3 is 2.30 bits per heavy atom. The summed E-state index contributed by atoms with van der Waals surface area (Å²) < 4.78 is 11.5. The average Bonchev–Trinajstić information content (AvgIpc) is 2.46. The van der Waals surface area contributed by atoms with Gasteiger partial charge in [-0.05, 0) is 0 Å². The molecule has 1 rings (SSSR count). The average molecular weight is 386 g/mol. The van der Waals surface area contributed by atoms with Crippen LogP contribution in [0.2, 0.25) is 4.82 Å². The third-order valence-electron chi connectivity index (χ3n) is 2.75. The fourth-order valence-electron chi connectivity index (χ4n) is 1.80.